The quantitative estimate of drug-likeness (QED) is 0.922. The van der Waals surface area contributed by atoms with Crippen LogP contribution in [-0.4, -0.2) is 39.7 Å². The molecule has 5 nitrogen and oxygen atoms in total. The summed E-state index contributed by atoms with van der Waals surface area (Å²) in [6, 6.07) is 9.56. The number of carboxylic acid groups (broad SMARTS) is 1. The molecular formula is C19H21FN2O3. The summed E-state index contributed by atoms with van der Waals surface area (Å²) in [5.41, 5.74) is 1.21. The summed E-state index contributed by atoms with van der Waals surface area (Å²) in [7, 11) is 0. The van der Waals surface area contributed by atoms with Gasteiger partial charge in [0.25, 0.3) is 0 Å². The molecule has 1 atom stereocenters. The zero-order valence-electron chi connectivity index (χ0n) is 14.3. The lowest BCUT2D eigenvalue weighted by atomic mass is 9.97. The molecule has 1 N–H and O–H groups in total. The molecule has 0 aliphatic carbocycles. The first-order valence-corrected chi connectivity index (χ1v) is 8.16. The standard InChI is InChI=1S/C19H21FN2O3/c1-19(2)12-25-17(13-5-3-6-14(20)9-13)11-22(19)10-16-15(18(23)24)7-4-8-21-16/h3-9,17H,10-12H2,1-2H3,(H,23,24). The smallest absolute Gasteiger partial charge is 0.337 e. The minimum absolute atomic E-state index is 0.201. The number of hydrogen-bond acceptors (Lipinski definition) is 4. The first kappa shape index (κ1) is 17.5. The fraction of sp³-hybridized carbons (Fsp3) is 0.368. The van der Waals surface area contributed by atoms with Crippen molar-refractivity contribution in [2.45, 2.75) is 32.0 Å². The highest BCUT2D eigenvalue weighted by Gasteiger charge is 2.36. The lowest BCUT2D eigenvalue weighted by Crippen LogP contribution is -2.53. The number of hydrogen-bond donors (Lipinski definition) is 1. The van der Waals surface area contributed by atoms with E-state index in [2.05, 4.69) is 9.88 Å². The molecule has 3 rings (SSSR count). The van der Waals surface area contributed by atoms with Crippen LogP contribution in [0.2, 0.25) is 0 Å². The minimum Gasteiger partial charge on any atom is -0.478 e. The van der Waals surface area contributed by atoms with E-state index in [9.17, 15) is 14.3 Å². The number of pyridine rings is 1. The third kappa shape index (κ3) is 3.86. The maximum absolute atomic E-state index is 13.5. The van der Waals surface area contributed by atoms with Gasteiger partial charge in [-0.15, -0.1) is 0 Å². The van der Waals surface area contributed by atoms with Crippen molar-refractivity contribution in [2.24, 2.45) is 0 Å². The van der Waals surface area contributed by atoms with Gasteiger partial charge in [-0.2, -0.15) is 0 Å². The molecule has 1 aliphatic rings. The van der Waals surface area contributed by atoms with Crippen LogP contribution >= 0.6 is 0 Å². The molecule has 6 heteroatoms. The Hall–Kier alpha value is -2.31. The van der Waals surface area contributed by atoms with Crippen LogP contribution in [0, 0.1) is 5.82 Å². The highest BCUT2D eigenvalue weighted by Crippen LogP contribution is 2.31. The average Bonchev–Trinajstić information content (AvgIpc) is 2.57. The molecule has 1 unspecified atom stereocenters. The normalized spacial score (nSPS) is 20.4. The van der Waals surface area contributed by atoms with Gasteiger partial charge in [-0.25, -0.2) is 9.18 Å². The summed E-state index contributed by atoms with van der Waals surface area (Å²) in [6.45, 7) is 5.47. The molecule has 1 aliphatic heterocycles. The first-order valence-electron chi connectivity index (χ1n) is 8.16. The van der Waals surface area contributed by atoms with Gasteiger partial charge in [-0.05, 0) is 43.7 Å². The molecule has 1 saturated heterocycles. The molecule has 2 heterocycles. The van der Waals surface area contributed by atoms with Crippen molar-refractivity contribution < 1.29 is 19.0 Å². The van der Waals surface area contributed by atoms with E-state index in [-0.39, 0.29) is 23.0 Å². The Balaban J connectivity index is 1.84. The Labute approximate surface area is 146 Å². The molecule has 1 aromatic heterocycles. The number of carboxylic acids is 1. The average molecular weight is 344 g/mol. The van der Waals surface area contributed by atoms with E-state index >= 15 is 0 Å². The number of nitrogens with zero attached hydrogens (tertiary/aromatic N) is 2. The topological polar surface area (TPSA) is 62.7 Å². The van der Waals surface area contributed by atoms with E-state index in [1.807, 2.05) is 19.9 Å². The van der Waals surface area contributed by atoms with Gasteiger partial charge in [-0.1, -0.05) is 12.1 Å². The molecule has 132 valence electrons. The Morgan fingerprint density at radius 3 is 2.92 bits per heavy atom. The number of halogens is 1. The Morgan fingerprint density at radius 1 is 1.40 bits per heavy atom. The van der Waals surface area contributed by atoms with Crippen molar-refractivity contribution in [1.82, 2.24) is 9.88 Å². The number of aromatic nitrogens is 1. The van der Waals surface area contributed by atoms with E-state index in [0.717, 1.165) is 5.56 Å². The monoisotopic (exact) mass is 344 g/mol. The lowest BCUT2D eigenvalue weighted by molar-refractivity contribution is -0.105. The van der Waals surface area contributed by atoms with Gasteiger partial charge >= 0.3 is 5.97 Å². The summed E-state index contributed by atoms with van der Waals surface area (Å²) >= 11 is 0. The van der Waals surface area contributed by atoms with E-state index in [1.54, 1.807) is 24.4 Å². The SMILES string of the molecule is CC1(C)COC(c2cccc(F)c2)CN1Cc1ncccc1C(=O)O. The van der Waals surface area contributed by atoms with Crippen LogP contribution < -0.4 is 0 Å². The Bertz CT molecular complexity index is 779. The molecule has 0 bridgehead atoms. The second-order valence-corrected chi connectivity index (χ2v) is 6.85. The van der Waals surface area contributed by atoms with Gasteiger partial charge in [0, 0.05) is 24.8 Å². The highest BCUT2D eigenvalue weighted by molar-refractivity contribution is 5.88. The molecule has 1 fully saturated rings. The van der Waals surface area contributed by atoms with E-state index in [0.29, 0.717) is 25.4 Å². The molecule has 0 radical (unpaired) electrons. The third-order valence-corrected chi connectivity index (χ3v) is 4.56. The van der Waals surface area contributed by atoms with Crippen LogP contribution in [-0.2, 0) is 11.3 Å². The van der Waals surface area contributed by atoms with Crippen molar-refractivity contribution in [3.8, 4) is 0 Å². The number of carbonyl (C=O) groups is 1. The van der Waals surface area contributed by atoms with Gasteiger partial charge in [0.05, 0.1) is 24.0 Å². The first-order chi connectivity index (χ1) is 11.9. The zero-order chi connectivity index (χ0) is 18.0. The molecule has 0 amide bonds. The summed E-state index contributed by atoms with van der Waals surface area (Å²) in [5, 5.41) is 9.36. The van der Waals surface area contributed by atoms with Crippen molar-refractivity contribution in [3.63, 3.8) is 0 Å². The van der Waals surface area contributed by atoms with Gasteiger partial charge in [0.1, 0.15) is 5.82 Å². The summed E-state index contributed by atoms with van der Waals surface area (Å²) in [5.74, 6) is -1.29. The van der Waals surface area contributed by atoms with E-state index in [4.69, 9.17) is 4.74 Å². The molecule has 2 aromatic rings. The maximum Gasteiger partial charge on any atom is 0.337 e. The van der Waals surface area contributed by atoms with Crippen LogP contribution in [0.5, 0.6) is 0 Å². The molecule has 0 saturated carbocycles. The van der Waals surface area contributed by atoms with Crippen molar-refractivity contribution in [1.29, 1.82) is 0 Å². The fourth-order valence-corrected chi connectivity index (χ4v) is 3.02. The third-order valence-electron chi connectivity index (χ3n) is 4.56. The molecular weight excluding hydrogens is 323 g/mol. The second-order valence-electron chi connectivity index (χ2n) is 6.85. The number of rotatable bonds is 4. The summed E-state index contributed by atoms with van der Waals surface area (Å²) in [4.78, 5) is 17.8. The fourth-order valence-electron chi connectivity index (χ4n) is 3.02. The van der Waals surface area contributed by atoms with Crippen molar-refractivity contribution in [3.05, 3.63) is 65.2 Å². The van der Waals surface area contributed by atoms with Crippen LogP contribution in [0.4, 0.5) is 4.39 Å². The van der Waals surface area contributed by atoms with Crippen molar-refractivity contribution in [2.75, 3.05) is 13.2 Å². The summed E-state index contributed by atoms with van der Waals surface area (Å²) in [6.07, 6.45) is 1.33. The molecule has 0 spiro atoms. The van der Waals surface area contributed by atoms with E-state index < -0.39 is 5.97 Å². The van der Waals surface area contributed by atoms with Crippen LogP contribution in [0.1, 0.15) is 41.6 Å². The minimum atomic E-state index is -0.990. The zero-order valence-corrected chi connectivity index (χ0v) is 14.3. The van der Waals surface area contributed by atoms with Gasteiger partial charge in [0.2, 0.25) is 0 Å². The highest BCUT2D eigenvalue weighted by atomic mass is 19.1. The number of benzene rings is 1. The predicted octanol–water partition coefficient (Wildman–Crippen LogP) is 3.27. The van der Waals surface area contributed by atoms with Crippen LogP contribution in [0.15, 0.2) is 42.6 Å². The predicted molar refractivity (Wildman–Crippen MR) is 90.8 cm³/mol. The van der Waals surface area contributed by atoms with Crippen LogP contribution in [0.3, 0.4) is 0 Å². The molecule has 25 heavy (non-hydrogen) atoms. The largest absolute Gasteiger partial charge is 0.478 e. The number of morpholine rings is 1. The van der Waals surface area contributed by atoms with Gasteiger partial charge in [0.15, 0.2) is 0 Å². The van der Waals surface area contributed by atoms with E-state index in [1.165, 1.54) is 12.1 Å². The number of aromatic carboxylic acids is 1. The summed E-state index contributed by atoms with van der Waals surface area (Å²) < 4.78 is 19.5. The maximum atomic E-state index is 13.5. The van der Waals surface area contributed by atoms with Crippen LogP contribution in [0.25, 0.3) is 0 Å². The second kappa shape index (κ2) is 6.90. The van der Waals surface area contributed by atoms with Crippen molar-refractivity contribution >= 4 is 5.97 Å². The number of ether oxygens (including phenoxy) is 1. The van der Waals surface area contributed by atoms with Gasteiger partial charge in [-0.3, -0.25) is 9.88 Å². The molecule has 1 aromatic carbocycles. The van der Waals surface area contributed by atoms with Gasteiger partial charge < -0.3 is 9.84 Å². The Kier molecular flexibility index (Phi) is 4.83. The Morgan fingerprint density at radius 2 is 2.20 bits per heavy atom. The lowest BCUT2D eigenvalue weighted by Gasteiger charge is -2.45.